The highest BCUT2D eigenvalue weighted by Crippen LogP contribution is 2.37. The van der Waals surface area contributed by atoms with Crippen LogP contribution in [-0.2, 0) is 30.5 Å². The van der Waals surface area contributed by atoms with E-state index < -0.39 is 35.8 Å². The number of aromatic nitrogens is 3. The molecule has 1 unspecified atom stereocenters. The highest BCUT2D eigenvalue weighted by atomic mass is 35.5. The van der Waals surface area contributed by atoms with Crippen LogP contribution in [0.25, 0.3) is 0 Å². The molecule has 2 fully saturated rings. The summed E-state index contributed by atoms with van der Waals surface area (Å²) in [5.74, 6) is 4.28. The maximum Gasteiger partial charge on any atom is 0.407 e. The van der Waals surface area contributed by atoms with E-state index in [2.05, 4.69) is 70.7 Å². The third-order valence-corrected chi connectivity index (χ3v) is 14.5. The number of allylic oxidation sites excluding steroid dienone is 2. The molecule has 7 amide bonds. The second-order valence-corrected chi connectivity index (χ2v) is 20.3. The number of carbonyl (C=O) groups is 7. The van der Waals surface area contributed by atoms with Crippen LogP contribution in [0.5, 0.6) is 5.75 Å². The zero-order valence-corrected chi connectivity index (χ0v) is 45.8. The number of alkyl carbamates (subject to hydrolysis) is 1. The zero-order valence-electron chi connectivity index (χ0n) is 45.1. The predicted molar refractivity (Wildman–Crippen MR) is 307 cm³/mol. The van der Waals surface area contributed by atoms with Crippen LogP contribution in [0.3, 0.4) is 0 Å². The molecule has 4 aliphatic rings. The summed E-state index contributed by atoms with van der Waals surface area (Å²) in [7, 11) is 0. The number of nitrogens with one attached hydrogen (secondary N) is 7. The van der Waals surface area contributed by atoms with Gasteiger partial charge in [-0.1, -0.05) is 66.6 Å². The number of para-hydroxylation sites is 2. The number of nitrogens with zero attached hydrogens (tertiary/aromatic N) is 5. The highest BCUT2D eigenvalue weighted by Gasteiger charge is 2.46. The number of hydrazone groups is 1. The number of pyridine rings is 1. The number of imide groups is 2. The van der Waals surface area contributed by atoms with E-state index in [0.29, 0.717) is 80.2 Å². The van der Waals surface area contributed by atoms with Crippen molar-refractivity contribution in [3.05, 3.63) is 148 Å². The summed E-state index contributed by atoms with van der Waals surface area (Å²) >= 11 is 6.42. The second-order valence-electron chi connectivity index (χ2n) is 19.9. The van der Waals surface area contributed by atoms with Crippen molar-refractivity contribution in [3.63, 3.8) is 0 Å². The Morgan fingerprint density at radius 2 is 1.72 bits per heavy atom. The van der Waals surface area contributed by atoms with Crippen molar-refractivity contribution in [2.45, 2.75) is 103 Å². The molecule has 5 heterocycles. The SMILES string of the molecule is C=CC(=O)Nc1ccccc1Nc1nc(Nc2ccnc(C#CCCNC(=O)O[C@@H]3CCC[C@H]4C(c5ccc(CNC(=O)CCCCCOc6cccc7c6C(=O)N(C6CCC(=O)NC6=O)C7=O)cc5)=NNC(C)=C4CC3)c2)ncc1Cl. The predicted octanol–water partition coefficient (Wildman–Crippen LogP) is 8.49. The van der Waals surface area contributed by atoms with Crippen LogP contribution in [0.2, 0.25) is 5.02 Å². The summed E-state index contributed by atoms with van der Waals surface area (Å²) in [6.07, 6.45) is 10.1. The van der Waals surface area contributed by atoms with Crippen LogP contribution in [0.4, 0.5) is 33.6 Å². The fourth-order valence-corrected chi connectivity index (χ4v) is 10.2. The van der Waals surface area contributed by atoms with Crippen LogP contribution in [0.15, 0.2) is 120 Å². The third-order valence-electron chi connectivity index (χ3n) is 14.2. The molecule has 21 nitrogen and oxygen atoms in total. The molecule has 7 N–H and O–H groups in total. The molecule has 422 valence electrons. The number of unbranched alkanes of at least 4 members (excludes halogenated alkanes) is 2. The van der Waals surface area contributed by atoms with E-state index in [1.165, 1.54) is 23.9 Å². The molecular formula is C60H61ClN12O9. The minimum Gasteiger partial charge on any atom is -0.493 e. The van der Waals surface area contributed by atoms with Crippen molar-refractivity contribution in [2.75, 3.05) is 29.1 Å². The molecule has 9 rings (SSSR count). The number of hydrogen-bond donors (Lipinski definition) is 7. The number of piperidine rings is 1. The number of benzene rings is 3. The van der Waals surface area contributed by atoms with Gasteiger partial charge in [0.15, 0.2) is 5.82 Å². The van der Waals surface area contributed by atoms with Gasteiger partial charge in [-0.2, -0.15) is 10.1 Å². The van der Waals surface area contributed by atoms with E-state index in [-0.39, 0.29) is 71.1 Å². The van der Waals surface area contributed by atoms with E-state index in [1.54, 1.807) is 48.7 Å². The van der Waals surface area contributed by atoms with Crippen LogP contribution in [-0.4, -0.2) is 92.4 Å². The lowest BCUT2D eigenvalue weighted by Crippen LogP contribution is -2.54. The first-order chi connectivity index (χ1) is 39.8. The summed E-state index contributed by atoms with van der Waals surface area (Å²) in [4.78, 5) is 102. The minimum absolute atomic E-state index is 0.0356. The minimum atomic E-state index is -1.06. The molecule has 3 aromatic carbocycles. The fraction of sp³-hybridized carbons (Fsp3) is 0.317. The average Bonchev–Trinajstić information content (AvgIpc) is 3.93. The number of anilines is 5. The van der Waals surface area contributed by atoms with Gasteiger partial charge >= 0.3 is 6.09 Å². The third kappa shape index (κ3) is 14.5. The van der Waals surface area contributed by atoms with Gasteiger partial charge in [-0.15, -0.1) is 0 Å². The van der Waals surface area contributed by atoms with Crippen molar-refractivity contribution in [1.82, 2.24) is 41.2 Å². The Balaban J connectivity index is 0.663. The fourth-order valence-electron chi connectivity index (χ4n) is 10.0. The van der Waals surface area contributed by atoms with Gasteiger partial charge in [0.2, 0.25) is 29.6 Å². The Morgan fingerprint density at radius 1 is 0.890 bits per heavy atom. The summed E-state index contributed by atoms with van der Waals surface area (Å²) in [5.41, 5.74) is 10.9. The van der Waals surface area contributed by atoms with Crippen molar-refractivity contribution in [2.24, 2.45) is 11.0 Å². The molecule has 2 aromatic heterocycles. The maximum absolute atomic E-state index is 13.3. The Bertz CT molecular complexity index is 3430. The number of hydrogen-bond acceptors (Lipinski definition) is 16. The number of ether oxygens (including phenoxy) is 2. The van der Waals surface area contributed by atoms with Gasteiger partial charge < -0.3 is 36.1 Å². The molecule has 0 spiro atoms. The van der Waals surface area contributed by atoms with Crippen molar-refractivity contribution in [1.29, 1.82) is 0 Å². The molecule has 0 bridgehead atoms. The quantitative estimate of drug-likeness (QED) is 0.0167. The molecule has 82 heavy (non-hydrogen) atoms. The van der Waals surface area contributed by atoms with Crippen molar-refractivity contribution in [3.8, 4) is 17.6 Å². The van der Waals surface area contributed by atoms with E-state index in [4.69, 9.17) is 26.2 Å². The van der Waals surface area contributed by atoms with Gasteiger partial charge in [0.25, 0.3) is 11.8 Å². The van der Waals surface area contributed by atoms with E-state index >= 15 is 0 Å². The number of amides is 7. The number of rotatable bonds is 20. The van der Waals surface area contributed by atoms with Gasteiger partial charge in [-0.3, -0.25) is 44.4 Å². The van der Waals surface area contributed by atoms with E-state index in [1.807, 2.05) is 37.3 Å². The molecule has 1 saturated heterocycles. The smallest absolute Gasteiger partial charge is 0.407 e. The molecule has 3 atom stereocenters. The van der Waals surface area contributed by atoms with Crippen LogP contribution < -0.4 is 42.1 Å². The Labute approximate surface area is 478 Å². The number of halogens is 1. The number of fused-ring (bicyclic) bond motifs is 2. The molecule has 5 aromatic rings. The Kier molecular flexibility index (Phi) is 19.0. The maximum atomic E-state index is 13.3. The van der Waals surface area contributed by atoms with Crippen LogP contribution in [0.1, 0.15) is 122 Å². The summed E-state index contributed by atoms with van der Waals surface area (Å²) < 4.78 is 11.8. The second kappa shape index (κ2) is 27.2. The van der Waals surface area contributed by atoms with Crippen molar-refractivity contribution < 1.29 is 43.0 Å². The normalized spacial score (nSPS) is 17.5. The van der Waals surface area contributed by atoms with Crippen molar-refractivity contribution >= 4 is 87.7 Å². The largest absolute Gasteiger partial charge is 0.493 e. The summed E-state index contributed by atoms with van der Waals surface area (Å²) in [6, 6.07) is 22.4. The Morgan fingerprint density at radius 3 is 2.54 bits per heavy atom. The lowest BCUT2D eigenvalue weighted by atomic mass is 9.79. The van der Waals surface area contributed by atoms with Gasteiger partial charge in [-0.05, 0) is 130 Å². The van der Waals surface area contributed by atoms with E-state index in [9.17, 15) is 33.6 Å². The lowest BCUT2D eigenvalue weighted by molar-refractivity contribution is -0.136. The molecule has 22 heteroatoms. The van der Waals surface area contributed by atoms with Gasteiger partial charge in [0.1, 0.15) is 28.6 Å². The highest BCUT2D eigenvalue weighted by molar-refractivity contribution is 6.33. The first-order valence-corrected chi connectivity index (χ1v) is 27.5. The first kappa shape index (κ1) is 57.3. The van der Waals surface area contributed by atoms with Crippen LogP contribution >= 0.6 is 11.6 Å². The lowest BCUT2D eigenvalue weighted by Gasteiger charge is -2.32. The Hall–Kier alpha value is -9.42. The molecule has 0 radical (unpaired) electrons. The number of carbonyl (C=O) groups excluding carboxylic acids is 7. The van der Waals surface area contributed by atoms with Gasteiger partial charge in [0.05, 0.1) is 41.0 Å². The topological polar surface area (TPSA) is 276 Å². The van der Waals surface area contributed by atoms with Gasteiger partial charge in [-0.25, -0.2) is 14.8 Å². The van der Waals surface area contributed by atoms with Gasteiger partial charge in [0, 0.05) is 55.9 Å². The van der Waals surface area contributed by atoms with E-state index in [0.717, 1.165) is 53.1 Å². The molecule has 3 aliphatic heterocycles. The van der Waals surface area contributed by atoms with Crippen LogP contribution in [0, 0.1) is 17.8 Å². The summed E-state index contributed by atoms with van der Waals surface area (Å²) in [6.45, 7) is 6.46. The monoisotopic (exact) mass is 1130 g/mol. The molecule has 1 aliphatic carbocycles. The molecule has 1 saturated carbocycles. The average molecular weight is 1130 g/mol. The summed E-state index contributed by atoms with van der Waals surface area (Å²) in [5, 5.41) is 22.1. The zero-order chi connectivity index (χ0) is 57.5. The molecular weight excluding hydrogens is 1070 g/mol. The standard InChI is InChI=1S/C60H61ClN12O9/c1-3-50(74)67-46-17-6-7-18-47(46)68-55-45(61)35-65-59(70-55)66-40-29-31-62-39(33-40)13-8-9-30-63-60(80)82-41-14-11-15-43-42(26-25-41)36(2)71-72-54(43)38-23-21-37(22-24-38)34-64-51(75)20-5-4-10-32-81-49-19-12-16-44-53(49)58(79)73(57(44)78)48-27-28-52(76)69-56(48)77/h3,6-7,12,16-19,21-24,29,31,33,35,41,43,48,71H,1,4-5,9-11,14-15,20,25-28,30,32,34H2,2H3,(H,63,80)(H,64,75)(H,67,74)(H,69,76,77)(H2,62,65,66,68,70)/t41-,43-,48?/m1/s1. The first-order valence-electron chi connectivity index (χ1n) is 27.2.